The number of rotatable bonds is 5. The Bertz CT molecular complexity index is 1530. The molecule has 3 heterocycles. The minimum Gasteiger partial charge on any atom is -0.404 e. The number of aliphatic imine (C=N–C) groups is 1. The van der Waals surface area contributed by atoms with Crippen molar-refractivity contribution in [1.82, 2.24) is 14.3 Å². The van der Waals surface area contributed by atoms with Crippen molar-refractivity contribution in [3.63, 3.8) is 0 Å². The van der Waals surface area contributed by atoms with Crippen molar-refractivity contribution in [3.8, 4) is 0 Å². The van der Waals surface area contributed by atoms with Crippen LogP contribution in [-0.4, -0.2) is 38.9 Å². The van der Waals surface area contributed by atoms with Gasteiger partial charge in [0.25, 0.3) is 0 Å². The molecule has 0 bridgehead atoms. The number of piperidine rings is 1. The van der Waals surface area contributed by atoms with Gasteiger partial charge >= 0.3 is 6.18 Å². The second-order valence-electron chi connectivity index (χ2n) is 9.71. The lowest BCUT2D eigenvalue weighted by molar-refractivity contribution is -0.141. The summed E-state index contributed by atoms with van der Waals surface area (Å²) in [6.45, 7) is 2.54. The van der Waals surface area contributed by atoms with Crippen molar-refractivity contribution in [2.24, 2.45) is 16.1 Å². The van der Waals surface area contributed by atoms with Crippen LogP contribution >= 0.6 is 11.9 Å². The molecule has 2 aromatic heterocycles. The van der Waals surface area contributed by atoms with E-state index in [4.69, 9.17) is 5.73 Å². The molecule has 0 radical (unpaired) electrons. The number of nitrogens with zero attached hydrogens (tertiary/aromatic N) is 4. The first-order chi connectivity index (χ1) is 19.1. The molecule has 1 unspecified atom stereocenters. The van der Waals surface area contributed by atoms with Crippen LogP contribution in [0.25, 0.3) is 0 Å². The number of allylic oxidation sites excluding steroid dienone is 2. The fraction of sp³-hybridized carbons (Fsp3) is 0.241. The van der Waals surface area contributed by atoms with Gasteiger partial charge in [-0.25, -0.2) is 18.7 Å². The Balaban J connectivity index is 1.54. The molecule has 0 saturated carbocycles. The van der Waals surface area contributed by atoms with Crippen molar-refractivity contribution < 1.29 is 22.4 Å². The summed E-state index contributed by atoms with van der Waals surface area (Å²) in [5.74, 6) is -0.583. The number of pyridine rings is 2. The van der Waals surface area contributed by atoms with Crippen LogP contribution in [0.5, 0.6) is 0 Å². The highest BCUT2D eigenvalue weighted by Gasteiger charge is 2.49. The molecule has 1 fully saturated rings. The second kappa shape index (κ2) is 11.0. The molecule has 40 heavy (non-hydrogen) atoms. The number of carbonyl (C=O) groups is 1. The Morgan fingerprint density at radius 2 is 1.95 bits per heavy atom. The molecule has 5 rings (SSSR count). The molecular formula is C29H25F4N5OS. The Morgan fingerprint density at radius 3 is 2.65 bits per heavy atom. The SMILES string of the molecule is Cc1ccnc(C(=O)C23CC(=CN)C(=Nc4ccc(F)cc4)C=C2CCN(Sc2cccc(C(F)(F)F)n2)C3)c1. The Labute approximate surface area is 232 Å². The predicted molar refractivity (Wildman–Crippen MR) is 145 cm³/mol. The molecule has 11 heteroatoms. The standard InChI is InChI=1S/C29H25F4N5OS/c1-18-9-11-35-24(13-18)27(39)28-15-19(16-34)23(36-22-7-5-21(30)6-8-22)14-20(28)10-12-38(17-28)40-26-4-2-3-25(37-26)29(31,32)33/h2-9,11,13-14,16H,10,12,15,17,34H2,1H3. The van der Waals surface area contributed by atoms with Crippen LogP contribution in [0.2, 0.25) is 0 Å². The predicted octanol–water partition coefficient (Wildman–Crippen LogP) is 6.47. The summed E-state index contributed by atoms with van der Waals surface area (Å²) in [4.78, 5) is 27.0. The average molecular weight is 568 g/mol. The highest BCUT2D eigenvalue weighted by atomic mass is 32.2. The fourth-order valence-electron chi connectivity index (χ4n) is 4.96. The van der Waals surface area contributed by atoms with Crippen molar-refractivity contribution in [1.29, 1.82) is 0 Å². The summed E-state index contributed by atoms with van der Waals surface area (Å²) in [6, 6.07) is 13.0. The highest BCUT2D eigenvalue weighted by Crippen LogP contribution is 2.48. The van der Waals surface area contributed by atoms with Gasteiger partial charge in [0.2, 0.25) is 0 Å². The quantitative estimate of drug-likeness (QED) is 0.216. The maximum Gasteiger partial charge on any atom is 0.433 e. The number of Topliss-reactive ketones (excluding diaryl/α,β-unsaturated/α-hetero) is 1. The topological polar surface area (TPSA) is 84.5 Å². The minimum atomic E-state index is -4.56. The van der Waals surface area contributed by atoms with E-state index in [-0.39, 0.29) is 29.6 Å². The van der Waals surface area contributed by atoms with Gasteiger partial charge in [0.05, 0.1) is 16.8 Å². The van der Waals surface area contributed by atoms with Crippen LogP contribution in [0, 0.1) is 18.2 Å². The number of alkyl halides is 3. The minimum absolute atomic E-state index is 0.183. The normalized spacial score (nSPS) is 21.8. The second-order valence-corrected chi connectivity index (χ2v) is 10.8. The molecular weight excluding hydrogens is 542 g/mol. The van der Waals surface area contributed by atoms with E-state index in [9.17, 15) is 22.4 Å². The number of nitrogens with two attached hydrogens (primary N) is 1. The van der Waals surface area contributed by atoms with E-state index in [1.807, 2.05) is 17.3 Å². The van der Waals surface area contributed by atoms with Gasteiger partial charge in [-0.1, -0.05) is 11.6 Å². The monoisotopic (exact) mass is 567 g/mol. The molecule has 1 atom stereocenters. The van der Waals surface area contributed by atoms with Crippen LogP contribution < -0.4 is 5.73 Å². The Morgan fingerprint density at radius 1 is 1.18 bits per heavy atom. The molecule has 3 aromatic rings. The number of fused-ring (bicyclic) bond motifs is 1. The maximum atomic E-state index is 14.2. The number of aryl methyl sites for hydroxylation is 1. The summed E-state index contributed by atoms with van der Waals surface area (Å²) in [5.41, 5.74) is 7.73. The molecule has 0 amide bonds. The lowest BCUT2D eigenvalue weighted by Gasteiger charge is -2.45. The number of aromatic nitrogens is 2. The van der Waals surface area contributed by atoms with Gasteiger partial charge in [-0.15, -0.1) is 0 Å². The molecule has 1 aliphatic carbocycles. The molecule has 1 saturated heterocycles. The summed E-state index contributed by atoms with van der Waals surface area (Å²) in [5, 5.41) is 0.183. The zero-order valence-corrected chi connectivity index (χ0v) is 22.3. The van der Waals surface area contributed by atoms with Gasteiger partial charge in [0, 0.05) is 19.3 Å². The van der Waals surface area contributed by atoms with Crippen molar-refractivity contribution in [3.05, 3.63) is 107 Å². The third-order valence-electron chi connectivity index (χ3n) is 6.92. The smallest absolute Gasteiger partial charge is 0.404 e. The van der Waals surface area contributed by atoms with Crippen LogP contribution in [-0.2, 0) is 6.18 Å². The number of hydrogen-bond acceptors (Lipinski definition) is 7. The zero-order chi connectivity index (χ0) is 28.5. The van der Waals surface area contributed by atoms with E-state index >= 15 is 0 Å². The number of halogens is 4. The summed E-state index contributed by atoms with van der Waals surface area (Å²) in [7, 11) is 0. The van der Waals surface area contributed by atoms with E-state index in [1.165, 1.54) is 30.5 Å². The summed E-state index contributed by atoms with van der Waals surface area (Å²) < 4.78 is 55.1. The van der Waals surface area contributed by atoms with Crippen LogP contribution in [0.15, 0.2) is 94.2 Å². The van der Waals surface area contributed by atoms with Crippen molar-refractivity contribution >= 4 is 29.1 Å². The van der Waals surface area contributed by atoms with Gasteiger partial charge in [-0.3, -0.25) is 9.78 Å². The van der Waals surface area contributed by atoms with Gasteiger partial charge in [-0.2, -0.15) is 13.2 Å². The number of hydrogen-bond donors (Lipinski definition) is 1. The number of carbonyl (C=O) groups excluding carboxylic acids is 1. The molecule has 1 aromatic carbocycles. The first-order valence-electron chi connectivity index (χ1n) is 12.5. The lowest BCUT2D eigenvalue weighted by atomic mass is 9.64. The molecule has 6 nitrogen and oxygen atoms in total. The van der Waals surface area contributed by atoms with E-state index in [1.54, 1.807) is 30.5 Å². The van der Waals surface area contributed by atoms with E-state index < -0.39 is 17.3 Å². The largest absolute Gasteiger partial charge is 0.433 e. The van der Waals surface area contributed by atoms with E-state index in [2.05, 4.69) is 15.0 Å². The van der Waals surface area contributed by atoms with Crippen LogP contribution in [0.4, 0.5) is 23.2 Å². The molecule has 2 aliphatic rings. The zero-order valence-electron chi connectivity index (χ0n) is 21.5. The summed E-state index contributed by atoms with van der Waals surface area (Å²) >= 11 is 1.08. The van der Waals surface area contributed by atoms with Gasteiger partial charge in [0.1, 0.15) is 22.2 Å². The maximum absolute atomic E-state index is 14.2. The first kappa shape index (κ1) is 27.7. The molecule has 1 aliphatic heterocycles. The van der Waals surface area contributed by atoms with Crippen molar-refractivity contribution in [2.45, 2.75) is 31.0 Å². The van der Waals surface area contributed by atoms with E-state index in [0.29, 0.717) is 35.6 Å². The average Bonchev–Trinajstić information content (AvgIpc) is 2.93. The summed E-state index contributed by atoms with van der Waals surface area (Å²) in [6.07, 6.45) is 0.959. The highest BCUT2D eigenvalue weighted by molar-refractivity contribution is 7.97. The van der Waals surface area contributed by atoms with E-state index in [0.717, 1.165) is 29.2 Å². The fourth-order valence-corrected chi connectivity index (χ4v) is 5.97. The third-order valence-corrected chi connectivity index (χ3v) is 7.90. The lowest BCUT2D eigenvalue weighted by Crippen LogP contribution is -2.49. The third kappa shape index (κ3) is 5.71. The first-order valence-corrected chi connectivity index (χ1v) is 13.3. The van der Waals surface area contributed by atoms with Crippen LogP contribution in [0.1, 0.15) is 34.6 Å². The van der Waals surface area contributed by atoms with Crippen LogP contribution in [0.3, 0.4) is 0 Å². The molecule has 2 N–H and O–H groups in total. The van der Waals surface area contributed by atoms with Gasteiger partial charge in [-0.05, 0) is 104 Å². The molecule has 0 spiro atoms. The Kier molecular flexibility index (Phi) is 7.61. The number of ketones is 1. The number of benzene rings is 1. The van der Waals surface area contributed by atoms with Gasteiger partial charge < -0.3 is 5.73 Å². The van der Waals surface area contributed by atoms with Crippen molar-refractivity contribution in [2.75, 3.05) is 13.1 Å². The molecule has 206 valence electrons. The van der Waals surface area contributed by atoms with Gasteiger partial charge in [0.15, 0.2) is 5.78 Å². The Hall–Kier alpha value is -3.83.